The molecule has 100 valence electrons. The number of pyridine rings is 1. The van der Waals surface area contributed by atoms with Crippen LogP contribution in [0.25, 0.3) is 0 Å². The Labute approximate surface area is 131 Å². The third-order valence-corrected chi connectivity index (χ3v) is 4.42. The van der Waals surface area contributed by atoms with Crippen LogP contribution in [0.5, 0.6) is 0 Å². The van der Waals surface area contributed by atoms with Gasteiger partial charge in [0.1, 0.15) is 5.03 Å². The Hall–Kier alpha value is -0.550. The minimum Gasteiger partial charge on any atom is -0.313 e. The highest BCUT2D eigenvalue weighted by atomic mass is 79.9. The first kappa shape index (κ1) is 14.9. The van der Waals surface area contributed by atoms with E-state index in [0.29, 0.717) is 0 Å². The zero-order valence-corrected chi connectivity index (χ0v) is 13.6. The van der Waals surface area contributed by atoms with Crippen molar-refractivity contribution in [2.24, 2.45) is 0 Å². The van der Waals surface area contributed by atoms with Crippen LogP contribution in [0.15, 0.2) is 50.9 Å². The Morgan fingerprint density at radius 3 is 2.84 bits per heavy atom. The van der Waals surface area contributed by atoms with Crippen LogP contribution in [-0.2, 0) is 6.54 Å². The van der Waals surface area contributed by atoms with E-state index in [1.165, 1.54) is 0 Å². The summed E-state index contributed by atoms with van der Waals surface area (Å²) in [6, 6.07) is 9.95. The van der Waals surface area contributed by atoms with Gasteiger partial charge in [-0.05, 0) is 52.3 Å². The van der Waals surface area contributed by atoms with E-state index in [9.17, 15) is 0 Å². The average Bonchev–Trinajstić information content (AvgIpc) is 2.41. The van der Waals surface area contributed by atoms with Gasteiger partial charge in [0, 0.05) is 27.1 Å². The quantitative estimate of drug-likeness (QED) is 0.835. The molecule has 0 saturated heterocycles. The van der Waals surface area contributed by atoms with E-state index >= 15 is 0 Å². The molecule has 2 nitrogen and oxygen atoms in total. The van der Waals surface area contributed by atoms with Crippen molar-refractivity contribution >= 4 is 39.3 Å². The largest absolute Gasteiger partial charge is 0.313 e. The van der Waals surface area contributed by atoms with E-state index in [1.807, 2.05) is 24.3 Å². The maximum Gasteiger partial charge on any atom is 0.101 e. The van der Waals surface area contributed by atoms with Crippen molar-refractivity contribution in [3.63, 3.8) is 0 Å². The smallest absolute Gasteiger partial charge is 0.101 e. The molecule has 1 aromatic carbocycles. The van der Waals surface area contributed by atoms with Gasteiger partial charge in [-0.2, -0.15) is 0 Å². The van der Waals surface area contributed by atoms with E-state index in [2.05, 4.69) is 39.2 Å². The summed E-state index contributed by atoms with van der Waals surface area (Å²) in [5, 5.41) is 5.07. The normalized spacial score (nSPS) is 10.7. The summed E-state index contributed by atoms with van der Waals surface area (Å²) in [6.45, 7) is 3.78. The second kappa shape index (κ2) is 7.29. The number of benzene rings is 1. The SMILES string of the molecule is CCNCc1c(Cl)cccc1Sc1ccc(Br)cn1. The van der Waals surface area contributed by atoms with Gasteiger partial charge in [-0.15, -0.1) is 0 Å². The van der Waals surface area contributed by atoms with Crippen molar-refractivity contribution in [1.82, 2.24) is 10.3 Å². The standard InChI is InChI=1S/C14H14BrClN2S/c1-2-17-9-11-12(16)4-3-5-13(11)19-14-7-6-10(15)8-18-14/h3-8,17H,2,9H2,1H3. The topological polar surface area (TPSA) is 24.9 Å². The van der Waals surface area contributed by atoms with Crippen molar-refractivity contribution in [2.75, 3.05) is 6.54 Å². The van der Waals surface area contributed by atoms with Crippen molar-refractivity contribution in [1.29, 1.82) is 0 Å². The van der Waals surface area contributed by atoms with Crippen LogP contribution in [0.3, 0.4) is 0 Å². The van der Waals surface area contributed by atoms with Gasteiger partial charge in [-0.25, -0.2) is 4.98 Å². The molecule has 0 radical (unpaired) electrons. The highest BCUT2D eigenvalue weighted by Crippen LogP contribution is 2.33. The lowest BCUT2D eigenvalue weighted by atomic mass is 10.2. The van der Waals surface area contributed by atoms with E-state index in [1.54, 1.807) is 18.0 Å². The summed E-state index contributed by atoms with van der Waals surface area (Å²) >= 11 is 11.3. The lowest BCUT2D eigenvalue weighted by molar-refractivity contribution is 0.718. The van der Waals surface area contributed by atoms with Crippen molar-refractivity contribution < 1.29 is 0 Å². The Balaban J connectivity index is 2.23. The van der Waals surface area contributed by atoms with Crippen molar-refractivity contribution in [2.45, 2.75) is 23.4 Å². The fourth-order valence-corrected chi connectivity index (χ4v) is 3.04. The molecule has 2 rings (SSSR count). The molecule has 0 spiro atoms. The minimum absolute atomic E-state index is 0.773. The molecule has 19 heavy (non-hydrogen) atoms. The van der Waals surface area contributed by atoms with Crippen LogP contribution in [0.4, 0.5) is 0 Å². The predicted molar refractivity (Wildman–Crippen MR) is 84.9 cm³/mol. The minimum atomic E-state index is 0.773. The number of halogens is 2. The molecule has 0 bridgehead atoms. The Kier molecular flexibility index (Phi) is 5.70. The molecule has 0 aliphatic carbocycles. The Bertz CT molecular complexity index is 546. The molecular weight excluding hydrogens is 344 g/mol. The van der Waals surface area contributed by atoms with E-state index < -0.39 is 0 Å². The van der Waals surface area contributed by atoms with Gasteiger partial charge >= 0.3 is 0 Å². The van der Waals surface area contributed by atoms with Gasteiger partial charge in [0.25, 0.3) is 0 Å². The predicted octanol–water partition coefficient (Wildman–Crippen LogP) is 4.76. The number of rotatable bonds is 5. The zero-order chi connectivity index (χ0) is 13.7. The van der Waals surface area contributed by atoms with E-state index in [-0.39, 0.29) is 0 Å². The molecular formula is C14H14BrClN2S. The second-order valence-electron chi connectivity index (χ2n) is 3.91. The van der Waals surface area contributed by atoms with Gasteiger partial charge < -0.3 is 5.32 Å². The summed E-state index contributed by atoms with van der Waals surface area (Å²) in [5.74, 6) is 0. The molecule has 0 amide bonds. The highest BCUT2D eigenvalue weighted by molar-refractivity contribution is 9.10. The van der Waals surface area contributed by atoms with E-state index in [0.717, 1.165) is 38.1 Å². The lowest BCUT2D eigenvalue weighted by Gasteiger charge is -2.11. The summed E-state index contributed by atoms with van der Waals surface area (Å²) in [4.78, 5) is 5.52. The van der Waals surface area contributed by atoms with Crippen LogP contribution in [0, 0.1) is 0 Å². The first-order valence-electron chi connectivity index (χ1n) is 5.98. The fraction of sp³-hybridized carbons (Fsp3) is 0.214. The van der Waals surface area contributed by atoms with Crippen LogP contribution in [0.1, 0.15) is 12.5 Å². The van der Waals surface area contributed by atoms with Gasteiger partial charge in [0.2, 0.25) is 0 Å². The monoisotopic (exact) mass is 356 g/mol. The molecule has 0 atom stereocenters. The van der Waals surface area contributed by atoms with Crippen LogP contribution < -0.4 is 5.32 Å². The zero-order valence-electron chi connectivity index (χ0n) is 10.5. The summed E-state index contributed by atoms with van der Waals surface area (Å²) in [6.07, 6.45) is 1.80. The molecule has 1 aromatic heterocycles. The van der Waals surface area contributed by atoms with Gasteiger partial charge in [-0.3, -0.25) is 0 Å². The summed E-state index contributed by atoms with van der Waals surface area (Å²) in [7, 11) is 0. The van der Waals surface area contributed by atoms with Crippen molar-refractivity contribution in [3.05, 3.63) is 51.6 Å². The molecule has 0 saturated carbocycles. The van der Waals surface area contributed by atoms with Crippen LogP contribution >= 0.6 is 39.3 Å². The molecule has 2 aromatic rings. The maximum atomic E-state index is 6.28. The molecule has 0 unspecified atom stereocenters. The highest BCUT2D eigenvalue weighted by Gasteiger charge is 2.08. The molecule has 5 heteroatoms. The molecule has 1 heterocycles. The second-order valence-corrected chi connectivity index (χ2v) is 6.30. The van der Waals surface area contributed by atoms with Crippen molar-refractivity contribution in [3.8, 4) is 0 Å². The molecule has 0 fully saturated rings. The molecule has 1 N–H and O–H groups in total. The summed E-state index contributed by atoms with van der Waals surface area (Å²) in [5.41, 5.74) is 1.13. The fourth-order valence-electron chi connectivity index (χ4n) is 1.59. The van der Waals surface area contributed by atoms with Crippen LogP contribution in [-0.4, -0.2) is 11.5 Å². The van der Waals surface area contributed by atoms with Gasteiger partial charge in [0.15, 0.2) is 0 Å². The third-order valence-electron chi connectivity index (χ3n) is 2.54. The number of hydrogen-bond donors (Lipinski definition) is 1. The Morgan fingerprint density at radius 2 is 2.16 bits per heavy atom. The van der Waals surface area contributed by atoms with Gasteiger partial charge in [0.05, 0.1) is 0 Å². The number of aromatic nitrogens is 1. The Morgan fingerprint density at radius 1 is 1.32 bits per heavy atom. The van der Waals surface area contributed by atoms with Crippen LogP contribution in [0.2, 0.25) is 5.02 Å². The van der Waals surface area contributed by atoms with E-state index in [4.69, 9.17) is 11.6 Å². The number of hydrogen-bond acceptors (Lipinski definition) is 3. The maximum absolute atomic E-state index is 6.28. The van der Waals surface area contributed by atoms with Gasteiger partial charge in [-0.1, -0.05) is 36.4 Å². The lowest BCUT2D eigenvalue weighted by Crippen LogP contribution is -2.12. The first-order chi connectivity index (χ1) is 9.20. The third kappa shape index (κ3) is 4.21. The molecule has 0 aliphatic rings. The average molecular weight is 358 g/mol. The number of nitrogens with one attached hydrogen (secondary N) is 1. The number of nitrogens with zero attached hydrogens (tertiary/aromatic N) is 1. The molecule has 0 aliphatic heterocycles. The summed E-state index contributed by atoms with van der Waals surface area (Å²) < 4.78 is 0.982. The first-order valence-corrected chi connectivity index (χ1v) is 7.97.